The lowest BCUT2D eigenvalue weighted by atomic mass is 9.88. The molecule has 1 aliphatic rings. The lowest BCUT2D eigenvalue weighted by Crippen LogP contribution is -2.21. The number of benzene rings is 1. The van der Waals surface area contributed by atoms with Gasteiger partial charge in [0, 0.05) is 4.88 Å². The Bertz CT molecular complexity index is 851. The molecule has 1 aromatic heterocycles. The molecular weight excluding hydrogens is 362 g/mol. The van der Waals surface area contributed by atoms with Crippen LogP contribution in [0.1, 0.15) is 45.3 Å². The third kappa shape index (κ3) is 4.16. The normalized spacial score (nSPS) is 15.8. The van der Waals surface area contributed by atoms with Crippen molar-refractivity contribution in [3.05, 3.63) is 45.3 Å². The first-order chi connectivity index (χ1) is 12.9. The summed E-state index contributed by atoms with van der Waals surface area (Å²) in [5, 5.41) is 3.43. The van der Waals surface area contributed by atoms with Crippen molar-refractivity contribution in [3.63, 3.8) is 0 Å². The summed E-state index contributed by atoms with van der Waals surface area (Å²) < 4.78 is 10.7. The number of aryl methyl sites for hydroxylation is 2. The molecule has 1 atom stereocenters. The van der Waals surface area contributed by atoms with Gasteiger partial charge in [-0.3, -0.25) is 4.79 Å². The second kappa shape index (κ2) is 8.13. The molecule has 0 saturated heterocycles. The lowest BCUT2D eigenvalue weighted by Gasteiger charge is -2.18. The Labute approximate surface area is 163 Å². The van der Waals surface area contributed by atoms with Gasteiger partial charge in [-0.05, 0) is 55.7 Å². The maximum Gasteiger partial charge on any atom is 0.341 e. The van der Waals surface area contributed by atoms with Crippen molar-refractivity contribution in [1.82, 2.24) is 0 Å². The highest BCUT2D eigenvalue weighted by Crippen LogP contribution is 2.40. The SMILES string of the molecule is COC(=O)c1c(NC(=O)COc2c(C)cccc2C)sc2c1CCC(C)C2. The molecule has 2 aromatic rings. The van der Waals surface area contributed by atoms with Crippen LogP contribution in [0, 0.1) is 19.8 Å². The van der Waals surface area contributed by atoms with Gasteiger partial charge in [0.2, 0.25) is 0 Å². The maximum absolute atomic E-state index is 12.5. The smallest absolute Gasteiger partial charge is 0.341 e. The molecule has 1 heterocycles. The number of methoxy groups -OCH3 is 1. The van der Waals surface area contributed by atoms with Gasteiger partial charge in [-0.2, -0.15) is 0 Å². The van der Waals surface area contributed by atoms with Gasteiger partial charge in [0.1, 0.15) is 10.8 Å². The summed E-state index contributed by atoms with van der Waals surface area (Å²) in [4.78, 5) is 25.9. The van der Waals surface area contributed by atoms with Crippen LogP contribution in [0.2, 0.25) is 0 Å². The average molecular weight is 388 g/mol. The van der Waals surface area contributed by atoms with Crippen molar-refractivity contribution in [2.24, 2.45) is 5.92 Å². The van der Waals surface area contributed by atoms with Crippen molar-refractivity contribution in [2.75, 3.05) is 19.0 Å². The van der Waals surface area contributed by atoms with Gasteiger partial charge in [0.25, 0.3) is 5.91 Å². The summed E-state index contributed by atoms with van der Waals surface area (Å²) in [6, 6.07) is 5.85. The van der Waals surface area contributed by atoms with Crippen LogP contribution in [0.15, 0.2) is 18.2 Å². The van der Waals surface area contributed by atoms with E-state index in [4.69, 9.17) is 9.47 Å². The van der Waals surface area contributed by atoms with E-state index in [9.17, 15) is 9.59 Å². The van der Waals surface area contributed by atoms with Crippen molar-refractivity contribution in [1.29, 1.82) is 0 Å². The zero-order valence-corrected chi connectivity index (χ0v) is 17.0. The highest BCUT2D eigenvalue weighted by Gasteiger charge is 2.28. The largest absolute Gasteiger partial charge is 0.483 e. The number of rotatable bonds is 5. The number of carbonyl (C=O) groups excluding carboxylic acids is 2. The van der Waals surface area contributed by atoms with Crippen LogP contribution in [0.4, 0.5) is 5.00 Å². The van der Waals surface area contributed by atoms with Crippen LogP contribution in [0.5, 0.6) is 5.75 Å². The summed E-state index contributed by atoms with van der Waals surface area (Å²) in [7, 11) is 1.37. The Balaban J connectivity index is 1.76. The van der Waals surface area contributed by atoms with Gasteiger partial charge in [0.05, 0.1) is 12.7 Å². The fourth-order valence-corrected chi connectivity index (χ4v) is 4.90. The van der Waals surface area contributed by atoms with E-state index in [1.165, 1.54) is 23.3 Å². The van der Waals surface area contributed by atoms with E-state index in [2.05, 4.69) is 12.2 Å². The quantitative estimate of drug-likeness (QED) is 0.777. The minimum Gasteiger partial charge on any atom is -0.483 e. The summed E-state index contributed by atoms with van der Waals surface area (Å²) in [5.74, 6) is 0.625. The van der Waals surface area contributed by atoms with E-state index in [0.717, 1.165) is 41.7 Å². The Morgan fingerprint density at radius 1 is 1.26 bits per heavy atom. The fourth-order valence-electron chi connectivity index (χ4n) is 3.48. The second-order valence-electron chi connectivity index (χ2n) is 7.11. The van der Waals surface area contributed by atoms with Crippen LogP contribution in [0.25, 0.3) is 0 Å². The Morgan fingerprint density at radius 3 is 2.63 bits per heavy atom. The van der Waals surface area contributed by atoms with E-state index in [1.807, 2.05) is 32.0 Å². The molecule has 3 rings (SSSR count). The second-order valence-corrected chi connectivity index (χ2v) is 8.21. The molecule has 1 unspecified atom stereocenters. The molecule has 1 amide bonds. The van der Waals surface area contributed by atoms with Gasteiger partial charge in [-0.15, -0.1) is 11.3 Å². The van der Waals surface area contributed by atoms with Crippen LogP contribution in [-0.4, -0.2) is 25.6 Å². The summed E-state index contributed by atoms with van der Waals surface area (Å²) in [5.41, 5.74) is 3.50. The van der Waals surface area contributed by atoms with Crippen molar-refractivity contribution in [2.45, 2.75) is 40.0 Å². The van der Waals surface area contributed by atoms with Crippen LogP contribution in [-0.2, 0) is 22.4 Å². The van der Waals surface area contributed by atoms with Crippen molar-refractivity contribution >= 4 is 28.2 Å². The van der Waals surface area contributed by atoms with Crippen LogP contribution < -0.4 is 10.1 Å². The van der Waals surface area contributed by atoms with Crippen LogP contribution in [0.3, 0.4) is 0 Å². The number of anilines is 1. The van der Waals surface area contributed by atoms with Crippen LogP contribution >= 0.6 is 11.3 Å². The van der Waals surface area contributed by atoms with Gasteiger partial charge in [0.15, 0.2) is 6.61 Å². The topological polar surface area (TPSA) is 64.6 Å². The first-order valence-corrected chi connectivity index (χ1v) is 9.94. The molecule has 1 N–H and O–H groups in total. The molecule has 5 nitrogen and oxygen atoms in total. The number of hydrogen-bond acceptors (Lipinski definition) is 5. The molecule has 27 heavy (non-hydrogen) atoms. The highest BCUT2D eigenvalue weighted by molar-refractivity contribution is 7.17. The average Bonchev–Trinajstić information content (AvgIpc) is 2.97. The Kier molecular flexibility index (Phi) is 5.85. The first kappa shape index (κ1) is 19.4. The molecule has 0 bridgehead atoms. The van der Waals surface area contributed by atoms with E-state index in [1.54, 1.807) is 0 Å². The summed E-state index contributed by atoms with van der Waals surface area (Å²) in [6.07, 6.45) is 2.81. The zero-order chi connectivity index (χ0) is 19.6. The van der Waals surface area contributed by atoms with E-state index >= 15 is 0 Å². The summed E-state index contributed by atoms with van der Waals surface area (Å²) >= 11 is 1.48. The number of esters is 1. The minimum atomic E-state index is -0.395. The number of ether oxygens (including phenoxy) is 2. The Morgan fingerprint density at radius 2 is 1.96 bits per heavy atom. The highest BCUT2D eigenvalue weighted by atomic mass is 32.1. The van der Waals surface area contributed by atoms with E-state index in [0.29, 0.717) is 16.5 Å². The summed E-state index contributed by atoms with van der Waals surface area (Å²) in [6.45, 7) is 6.00. The number of para-hydroxylation sites is 1. The molecular formula is C21H25NO4S. The number of fused-ring (bicyclic) bond motifs is 1. The molecule has 1 aromatic carbocycles. The van der Waals surface area contributed by atoms with Crippen molar-refractivity contribution < 1.29 is 19.1 Å². The number of nitrogens with one attached hydrogen (secondary N) is 1. The molecule has 1 aliphatic carbocycles. The van der Waals surface area contributed by atoms with E-state index in [-0.39, 0.29) is 12.5 Å². The molecule has 0 aliphatic heterocycles. The van der Waals surface area contributed by atoms with E-state index < -0.39 is 5.97 Å². The van der Waals surface area contributed by atoms with Gasteiger partial charge in [-0.1, -0.05) is 25.1 Å². The zero-order valence-electron chi connectivity index (χ0n) is 16.2. The molecule has 0 fully saturated rings. The molecule has 0 radical (unpaired) electrons. The number of thiophene rings is 1. The van der Waals surface area contributed by atoms with Gasteiger partial charge >= 0.3 is 5.97 Å². The predicted octanol–water partition coefficient (Wildman–Crippen LogP) is 4.29. The third-order valence-corrected chi connectivity index (χ3v) is 6.08. The minimum absolute atomic E-state index is 0.106. The predicted molar refractivity (Wildman–Crippen MR) is 107 cm³/mol. The first-order valence-electron chi connectivity index (χ1n) is 9.12. The lowest BCUT2D eigenvalue weighted by molar-refractivity contribution is -0.118. The Hall–Kier alpha value is -2.34. The number of carbonyl (C=O) groups is 2. The number of amides is 1. The molecule has 6 heteroatoms. The molecule has 0 saturated carbocycles. The standard InChI is InChI=1S/C21H25NO4S/c1-12-8-9-15-16(10-12)27-20(18(15)21(24)25-4)22-17(23)11-26-19-13(2)6-5-7-14(19)3/h5-7,12H,8-11H2,1-4H3,(H,22,23). The molecule has 144 valence electrons. The number of hydrogen-bond donors (Lipinski definition) is 1. The maximum atomic E-state index is 12.5. The monoisotopic (exact) mass is 387 g/mol. The van der Waals surface area contributed by atoms with Gasteiger partial charge in [-0.25, -0.2) is 4.79 Å². The van der Waals surface area contributed by atoms with Gasteiger partial charge < -0.3 is 14.8 Å². The molecule has 0 spiro atoms. The van der Waals surface area contributed by atoms with Crippen molar-refractivity contribution in [3.8, 4) is 5.75 Å². The fraction of sp³-hybridized carbons (Fsp3) is 0.429. The third-order valence-electron chi connectivity index (χ3n) is 4.91.